The zero-order chi connectivity index (χ0) is 22.5. The number of carbonyl (C=O) groups is 2. The monoisotopic (exact) mass is 421 g/mol. The number of aromatic nitrogens is 1. The molecule has 0 bridgehead atoms. The summed E-state index contributed by atoms with van der Waals surface area (Å²) < 4.78 is 2.08. The van der Waals surface area contributed by atoms with Crippen LogP contribution in [0.1, 0.15) is 21.5 Å². The molecule has 156 valence electrons. The summed E-state index contributed by atoms with van der Waals surface area (Å²) >= 11 is 0. The van der Waals surface area contributed by atoms with Crippen LogP contribution in [0.15, 0.2) is 90.6 Å². The van der Waals surface area contributed by atoms with Crippen LogP contribution >= 0.6 is 0 Å². The van der Waals surface area contributed by atoms with Crippen molar-refractivity contribution in [3.8, 4) is 6.07 Å². The molecule has 0 aliphatic carbocycles. The molecule has 1 amide bonds. The molecule has 2 N–H and O–H groups in total. The highest BCUT2D eigenvalue weighted by molar-refractivity contribution is 6.11. The van der Waals surface area contributed by atoms with Crippen LogP contribution < -0.4 is 5.32 Å². The summed E-state index contributed by atoms with van der Waals surface area (Å²) in [5, 5.41) is 22.3. The van der Waals surface area contributed by atoms with Gasteiger partial charge < -0.3 is 15.0 Å². The molecule has 6 nitrogen and oxygen atoms in total. The van der Waals surface area contributed by atoms with E-state index in [-0.39, 0.29) is 11.1 Å². The van der Waals surface area contributed by atoms with Gasteiger partial charge in [0.1, 0.15) is 11.6 Å². The molecule has 0 atom stereocenters. The Balaban J connectivity index is 1.66. The number of fused-ring (bicyclic) bond motifs is 1. The van der Waals surface area contributed by atoms with Crippen LogP contribution in [0.2, 0.25) is 0 Å². The van der Waals surface area contributed by atoms with Gasteiger partial charge in [-0.25, -0.2) is 4.79 Å². The van der Waals surface area contributed by atoms with Crippen LogP contribution in [0.3, 0.4) is 0 Å². The molecule has 0 unspecified atom stereocenters. The van der Waals surface area contributed by atoms with Crippen LogP contribution in [0.25, 0.3) is 17.0 Å². The first kappa shape index (κ1) is 20.6. The Hall–Kier alpha value is -4.63. The Morgan fingerprint density at radius 2 is 1.75 bits per heavy atom. The molecule has 0 radical (unpaired) electrons. The van der Waals surface area contributed by atoms with Crippen molar-refractivity contribution in [2.24, 2.45) is 0 Å². The molecular weight excluding hydrogens is 402 g/mol. The molecule has 0 fully saturated rings. The van der Waals surface area contributed by atoms with Gasteiger partial charge in [0.05, 0.1) is 5.56 Å². The van der Waals surface area contributed by atoms with E-state index < -0.39 is 11.9 Å². The highest BCUT2D eigenvalue weighted by Gasteiger charge is 2.14. The number of nitriles is 1. The standard InChI is InChI=1S/C26H19N3O3/c27-15-20(25(30)28-22-10-6-9-19(14-22)26(31)32)13-21-17-29(16-18-7-2-1-3-8-18)24-12-5-4-11-23(21)24/h1-14,17H,16H2,(H,28,30)(H,31,32)/b20-13+. The van der Waals surface area contributed by atoms with E-state index in [1.807, 2.05) is 66.9 Å². The quantitative estimate of drug-likeness (QED) is 0.341. The number of hydrogen-bond donors (Lipinski definition) is 2. The Labute approximate surface area is 184 Å². The zero-order valence-electron chi connectivity index (χ0n) is 17.0. The lowest BCUT2D eigenvalue weighted by molar-refractivity contribution is -0.112. The molecule has 0 spiro atoms. The van der Waals surface area contributed by atoms with Crippen molar-refractivity contribution in [1.82, 2.24) is 4.57 Å². The number of carbonyl (C=O) groups excluding carboxylic acids is 1. The lowest BCUT2D eigenvalue weighted by Crippen LogP contribution is -2.13. The summed E-state index contributed by atoms with van der Waals surface area (Å²) in [6, 6.07) is 25.7. The molecule has 0 aliphatic heterocycles. The van der Waals surface area contributed by atoms with Crippen molar-refractivity contribution < 1.29 is 14.7 Å². The Morgan fingerprint density at radius 3 is 2.50 bits per heavy atom. The number of hydrogen-bond acceptors (Lipinski definition) is 3. The van der Waals surface area contributed by atoms with Crippen molar-refractivity contribution in [3.05, 3.63) is 107 Å². The molecule has 1 aromatic heterocycles. The minimum Gasteiger partial charge on any atom is -0.478 e. The Kier molecular flexibility index (Phi) is 5.82. The van der Waals surface area contributed by atoms with Crippen LogP contribution in [0, 0.1) is 11.3 Å². The second kappa shape index (κ2) is 9.02. The maximum Gasteiger partial charge on any atom is 0.335 e. The third-order valence-electron chi connectivity index (χ3n) is 5.05. The summed E-state index contributed by atoms with van der Waals surface area (Å²) in [6.07, 6.45) is 3.48. The van der Waals surface area contributed by atoms with Crippen molar-refractivity contribution in [3.63, 3.8) is 0 Å². The second-order valence-electron chi connectivity index (χ2n) is 7.22. The molecule has 0 saturated carbocycles. The second-order valence-corrected chi connectivity index (χ2v) is 7.22. The van der Waals surface area contributed by atoms with E-state index in [0.717, 1.165) is 22.0 Å². The number of nitrogens with zero attached hydrogens (tertiary/aromatic N) is 2. The smallest absolute Gasteiger partial charge is 0.335 e. The van der Waals surface area contributed by atoms with E-state index in [4.69, 9.17) is 5.11 Å². The molecule has 3 aromatic carbocycles. The van der Waals surface area contributed by atoms with Gasteiger partial charge in [-0.05, 0) is 35.9 Å². The maximum absolute atomic E-state index is 12.7. The van der Waals surface area contributed by atoms with Crippen LogP contribution in [-0.2, 0) is 11.3 Å². The largest absolute Gasteiger partial charge is 0.478 e. The molecule has 4 aromatic rings. The van der Waals surface area contributed by atoms with E-state index in [2.05, 4.69) is 9.88 Å². The lowest BCUT2D eigenvalue weighted by atomic mass is 10.1. The molecule has 0 saturated heterocycles. The Bertz CT molecular complexity index is 1380. The number of benzene rings is 3. The summed E-state index contributed by atoms with van der Waals surface area (Å²) in [5.74, 6) is -1.70. The fourth-order valence-electron chi connectivity index (χ4n) is 3.53. The molecule has 0 aliphatic rings. The number of anilines is 1. The number of rotatable bonds is 6. The number of amides is 1. The van der Waals surface area contributed by atoms with E-state index >= 15 is 0 Å². The predicted molar refractivity (Wildman–Crippen MR) is 123 cm³/mol. The first-order chi connectivity index (χ1) is 15.5. The number of carboxylic acids is 1. The summed E-state index contributed by atoms with van der Waals surface area (Å²) in [7, 11) is 0. The van der Waals surface area contributed by atoms with E-state index in [1.54, 1.807) is 12.1 Å². The van der Waals surface area contributed by atoms with Gasteiger partial charge in [0.2, 0.25) is 0 Å². The van der Waals surface area contributed by atoms with E-state index in [0.29, 0.717) is 12.2 Å². The van der Waals surface area contributed by atoms with Crippen molar-refractivity contribution in [2.75, 3.05) is 5.32 Å². The number of nitrogens with one attached hydrogen (secondary N) is 1. The summed E-state index contributed by atoms with van der Waals surface area (Å²) in [5.41, 5.74) is 3.17. The van der Waals surface area contributed by atoms with Gasteiger partial charge in [0.25, 0.3) is 5.91 Å². The first-order valence-corrected chi connectivity index (χ1v) is 9.93. The highest BCUT2D eigenvalue weighted by atomic mass is 16.4. The molecule has 4 rings (SSSR count). The first-order valence-electron chi connectivity index (χ1n) is 9.93. The van der Waals surface area contributed by atoms with Crippen molar-refractivity contribution >= 4 is 34.5 Å². The van der Waals surface area contributed by atoms with Gasteiger partial charge in [-0.1, -0.05) is 54.6 Å². The molecular formula is C26H19N3O3. The third-order valence-corrected chi connectivity index (χ3v) is 5.05. The lowest BCUT2D eigenvalue weighted by Gasteiger charge is -2.05. The fraction of sp³-hybridized carbons (Fsp3) is 0.0385. The van der Waals surface area contributed by atoms with Gasteiger partial charge in [0.15, 0.2) is 0 Å². The Morgan fingerprint density at radius 1 is 1.00 bits per heavy atom. The van der Waals surface area contributed by atoms with Crippen LogP contribution in [-0.4, -0.2) is 21.6 Å². The van der Waals surface area contributed by atoms with Crippen LogP contribution in [0.5, 0.6) is 0 Å². The van der Waals surface area contributed by atoms with Gasteiger partial charge >= 0.3 is 5.97 Å². The zero-order valence-corrected chi connectivity index (χ0v) is 17.0. The minimum atomic E-state index is -1.09. The van der Waals surface area contributed by atoms with Crippen molar-refractivity contribution in [1.29, 1.82) is 5.26 Å². The van der Waals surface area contributed by atoms with Gasteiger partial charge in [-0.15, -0.1) is 0 Å². The van der Waals surface area contributed by atoms with Gasteiger partial charge in [-0.2, -0.15) is 5.26 Å². The molecule has 32 heavy (non-hydrogen) atoms. The minimum absolute atomic E-state index is 0.0502. The predicted octanol–water partition coefficient (Wildman–Crippen LogP) is 4.93. The average Bonchev–Trinajstić information content (AvgIpc) is 3.15. The molecule has 6 heteroatoms. The van der Waals surface area contributed by atoms with Crippen LogP contribution in [0.4, 0.5) is 5.69 Å². The molecule has 1 heterocycles. The topological polar surface area (TPSA) is 95.1 Å². The number of aromatic carboxylic acids is 1. The maximum atomic E-state index is 12.7. The van der Waals surface area contributed by atoms with Gasteiger partial charge in [-0.3, -0.25) is 4.79 Å². The van der Waals surface area contributed by atoms with E-state index in [9.17, 15) is 14.9 Å². The average molecular weight is 421 g/mol. The van der Waals surface area contributed by atoms with E-state index in [1.165, 1.54) is 18.2 Å². The number of carboxylic acid groups (broad SMARTS) is 1. The number of para-hydroxylation sites is 1. The summed E-state index contributed by atoms with van der Waals surface area (Å²) in [4.78, 5) is 23.9. The summed E-state index contributed by atoms with van der Waals surface area (Å²) in [6.45, 7) is 0.658. The van der Waals surface area contributed by atoms with Crippen molar-refractivity contribution in [2.45, 2.75) is 6.54 Å². The third kappa shape index (κ3) is 4.42. The van der Waals surface area contributed by atoms with Gasteiger partial charge in [0, 0.05) is 34.9 Å². The normalized spacial score (nSPS) is 11.2. The highest BCUT2D eigenvalue weighted by Crippen LogP contribution is 2.25. The fourth-order valence-corrected chi connectivity index (χ4v) is 3.53. The SMILES string of the molecule is N#C/C(=C\c1cn(Cc2ccccc2)c2ccccc12)C(=O)Nc1cccc(C(=O)O)c1.